The number of benzene rings is 4. The molecule has 1 unspecified atom stereocenters. The molecule has 0 saturated carbocycles. The third kappa shape index (κ3) is 5.27. The van der Waals surface area contributed by atoms with E-state index in [4.69, 9.17) is 0 Å². The molecule has 1 aliphatic rings. The lowest BCUT2D eigenvalue weighted by atomic mass is 9.86. The first-order valence-electron chi connectivity index (χ1n) is 12.4. The van der Waals surface area contributed by atoms with E-state index in [0.29, 0.717) is 12.8 Å². The molecule has 37 heavy (non-hydrogen) atoms. The van der Waals surface area contributed by atoms with Crippen LogP contribution in [0.1, 0.15) is 40.2 Å². The number of aryl methyl sites for hydroxylation is 1. The maximum Gasteiger partial charge on any atom is 0.266 e. The van der Waals surface area contributed by atoms with Gasteiger partial charge in [-0.15, -0.1) is 0 Å². The molecule has 0 aromatic heterocycles. The smallest absolute Gasteiger partial charge is 0.266 e. The van der Waals surface area contributed by atoms with Crippen LogP contribution in [0.3, 0.4) is 0 Å². The summed E-state index contributed by atoms with van der Waals surface area (Å²) >= 11 is 0. The molecule has 0 bridgehead atoms. The van der Waals surface area contributed by atoms with Crippen LogP contribution in [0.25, 0.3) is 5.57 Å². The van der Waals surface area contributed by atoms with Crippen molar-refractivity contribution >= 4 is 21.5 Å². The molecular formula is C32H29NO3S. The average Bonchev–Trinajstić information content (AvgIpc) is 2.93. The second-order valence-electron chi connectivity index (χ2n) is 9.40. The maximum atomic E-state index is 14.4. The number of allylic oxidation sites excluding steroid dienone is 2. The van der Waals surface area contributed by atoms with Gasteiger partial charge in [-0.3, -0.25) is 4.79 Å². The van der Waals surface area contributed by atoms with Gasteiger partial charge in [0.15, 0.2) is 0 Å². The molecule has 5 rings (SSSR count). The van der Waals surface area contributed by atoms with Crippen LogP contribution in [0, 0.1) is 6.92 Å². The van der Waals surface area contributed by atoms with Crippen molar-refractivity contribution in [1.29, 1.82) is 0 Å². The van der Waals surface area contributed by atoms with E-state index in [2.05, 4.69) is 6.08 Å². The minimum absolute atomic E-state index is 0.0109. The third-order valence-electron chi connectivity index (χ3n) is 6.92. The quantitative estimate of drug-likeness (QED) is 0.316. The van der Waals surface area contributed by atoms with Gasteiger partial charge in [0.1, 0.15) is 0 Å². The van der Waals surface area contributed by atoms with Crippen LogP contribution in [0.15, 0.2) is 120 Å². The summed E-state index contributed by atoms with van der Waals surface area (Å²) in [6.45, 7) is 1.90. The van der Waals surface area contributed by atoms with Gasteiger partial charge in [0, 0.05) is 0 Å². The van der Waals surface area contributed by atoms with Gasteiger partial charge in [0.2, 0.25) is 5.91 Å². The van der Waals surface area contributed by atoms with Gasteiger partial charge in [-0.05, 0) is 59.7 Å². The Balaban J connectivity index is 1.69. The van der Waals surface area contributed by atoms with E-state index >= 15 is 0 Å². The van der Waals surface area contributed by atoms with Crippen molar-refractivity contribution in [1.82, 2.24) is 4.31 Å². The molecule has 0 aliphatic carbocycles. The minimum atomic E-state index is -4.10. The standard InChI is InChI=1S/C32H29NO3S/c1-24-16-20-30(21-17-24)37(35,36)33-23-29-15-9-8-12-26(29)18-19-28(25-10-4-2-5-11-25)22-31(32(33)34)27-13-6-3-7-14-27/h2-17,19-21,31H,18,22-23H2,1H3/b28-19+. The fraction of sp³-hybridized carbons (Fsp3) is 0.156. The van der Waals surface area contributed by atoms with Gasteiger partial charge in [0.25, 0.3) is 10.0 Å². The molecule has 186 valence electrons. The molecule has 1 amide bonds. The van der Waals surface area contributed by atoms with Crippen LogP contribution in [-0.4, -0.2) is 18.6 Å². The SMILES string of the molecule is Cc1ccc(S(=O)(=O)N2Cc3ccccc3C/C=C(/c3ccccc3)CC(c3ccccc3)C2=O)cc1. The van der Waals surface area contributed by atoms with E-state index in [1.54, 1.807) is 24.3 Å². The Kier molecular flexibility index (Phi) is 7.06. The molecule has 1 aliphatic heterocycles. The van der Waals surface area contributed by atoms with E-state index in [1.807, 2.05) is 91.9 Å². The third-order valence-corrected chi connectivity index (χ3v) is 8.68. The second kappa shape index (κ2) is 10.6. The Morgan fingerprint density at radius 2 is 1.32 bits per heavy atom. The summed E-state index contributed by atoms with van der Waals surface area (Å²) in [5, 5.41) is 0. The number of hydrogen-bond acceptors (Lipinski definition) is 3. The Hall–Kier alpha value is -3.96. The summed E-state index contributed by atoms with van der Waals surface area (Å²) in [5.74, 6) is -1.08. The minimum Gasteiger partial charge on any atom is -0.273 e. The van der Waals surface area contributed by atoms with E-state index in [0.717, 1.165) is 37.7 Å². The molecule has 0 fully saturated rings. The van der Waals surface area contributed by atoms with Gasteiger partial charge < -0.3 is 0 Å². The Morgan fingerprint density at radius 1 is 0.730 bits per heavy atom. The van der Waals surface area contributed by atoms with Crippen LogP contribution in [0.5, 0.6) is 0 Å². The zero-order valence-corrected chi connectivity index (χ0v) is 21.6. The lowest BCUT2D eigenvalue weighted by Gasteiger charge is -2.30. The number of hydrogen-bond donors (Lipinski definition) is 0. The highest BCUT2D eigenvalue weighted by molar-refractivity contribution is 7.89. The first-order valence-corrected chi connectivity index (χ1v) is 13.9. The van der Waals surface area contributed by atoms with E-state index in [-0.39, 0.29) is 11.4 Å². The maximum absolute atomic E-state index is 14.4. The monoisotopic (exact) mass is 507 g/mol. The number of carbonyl (C=O) groups excluding carboxylic acids is 1. The predicted molar refractivity (Wildman–Crippen MR) is 147 cm³/mol. The summed E-state index contributed by atoms with van der Waals surface area (Å²) in [7, 11) is -4.10. The molecular weight excluding hydrogens is 478 g/mol. The molecule has 4 aromatic carbocycles. The molecule has 0 spiro atoms. The van der Waals surface area contributed by atoms with E-state index in [9.17, 15) is 13.2 Å². The largest absolute Gasteiger partial charge is 0.273 e. The van der Waals surface area contributed by atoms with Crippen molar-refractivity contribution in [2.45, 2.75) is 37.1 Å². The zero-order chi connectivity index (χ0) is 25.8. The van der Waals surface area contributed by atoms with Gasteiger partial charge in [-0.2, -0.15) is 0 Å². The zero-order valence-electron chi connectivity index (χ0n) is 20.7. The Morgan fingerprint density at radius 3 is 2.00 bits per heavy atom. The summed E-state index contributed by atoms with van der Waals surface area (Å²) in [6, 6.07) is 33.9. The van der Waals surface area contributed by atoms with Crippen LogP contribution < -0.4 is 0 Å². The molecule has 4 aromatic rings. The van der Waals surface area contributed by atoms with Crippen molar-refractivity contribution in [2.75, 3.05) is 0 Å². The van der Waals surface area contributed by atoms with E-state index < -0.39 is 21.8 Å². The van der Waals surface area contributed by atoms with Crippen molar-refractivity contribution in [3.05, 3.63) is 143 Å². The fourth-order valence-corrected chi connectivity index (χ4v) is 6.22. The van der Waals surface area contributed by atoms with Crippen LogP contribution >= 0.6 is 0 Å². The number of amides is 1. The number of sulfonamides is 1. The number of rotatable bonds is 4. The highest BCUT2D eigenvalue weighted by Crippen LogP contribution is 2.35. The highest BCUT2D eigenvalue weighted by Gasteiger charge is 2.36. The normalized spacial score (nSPS) is 18.0. The summed E-state index contributed by atoms with van der Waals surface area (Å²) < 4.78 is 29.1. The summed E-state index contributed by atoms with van der Waals surface area (Å²) in [5.41, 5.74) is 5.63. The molecule has 4 nitrogen and oxygen atoms in total. The topological polar surface area (TPSA) is 54.5 Å². The molecule has 5 heteroatoms. The van der Waals surface area contributed by atoms with Gasteiger partial charge in [-0.1, -0.05) is 109 Å². The molecule has 1 heterocycles. The predicted octanol–water partition coefficient (Wildman–Crippen LogP) is 6.53. The lowest BCUT2D eigenvalue weighted by molar-refractivity contribution is -0.128. The van der Waals surface area contributed by atoms with Crippen molar-refractivity contribution in [2.24, 2.45) is 0 Å². The van der Waals surface area contributed by atoms with E-state index in [1.165, 1.54) is 0 Å². The number of carbonyl (C=O) groups is 1. The van der Waals surface area contributed by atoms with Crippen LogP contribution in [0.2, 0.25) is 0 Å². The highest BCUT2D eigenvalue weighted by atomic mass is 32.2. The van der Waals surface area contributed by atoms with Gasteiger partial charge >= 0.3 is 0 Å². The summed E-state index contributed by atoms with van der Waals surface area (Å²) in [4.78, 5) is 14.5. The van der Waals surface area contributed by atoms with Crippen molar-refractivity contribution in [3.63, 3.8) is 0 Å². The lowest BCUT2D eigenvalue weighted by Crippen LogP contribution is -2.40. The number of fused-ring (bicyclic) bond motifs is 1. The average molecular weight is 508 g/mol. The molecule has 0 N–H and O–H groups in total. The first kappa shape index (κ1) is 24.7. The van der Waals surface area contributed by atoms with Crippen LogP contribution in [-0.2, 0) is 27.8 Å². The molecule has 0 radical (unpaired) electrons. The molecule has 1 atom stereocenters. The fourth-order valence-electron chi connectivity index (χ4n) is 4.82. The first-order chi connectivity index (χ1) is 17.9. The Labute approximate surface area is 219 Å². The van der Waals surface area contributed by atoms with Gasteiger partial charge in [-0.25, -0.2) is 12.7 Å². The van der Waals surface area contributed by atoms with Gasteiger partial charge in [0.05, 0.1) is 17.4 Å². The van der Waals surface area contributed by atoms with Crippen molar-refractivity contribution in [3.8, 4) is 0 Å². The molecule has 0 saturated heterocycles. The van der Waals surface area contributed by atoms with Crippen LogP contribution in [0.4, 0.5) is 0 Å². The van der Waals surface area contributed by atoms with Crippen molar-refractivity contribution < 1.29 is 13.2 Å². The number of nitrogens with zero attached hydrogens (tertiary/aromatic N) is 1. The summed E-state index contributed by atoms with van der Waals surface area (Å²) in [6.07, 6.45) is 3.23. The Bertz CT molecular complexity index is 1530. The second-order valence-corrected chi connectivity index (χ2v) is 11.3.